The molecule has 3 rings (SSSR count). The monoisotopic (exact) mass is 424 g/mol. The van der Waals surface area contributed by atoms with Crippen LogP contribution in [0.5, 0.6) is 17.6 Å². The smallest absolute Gasteiger partial charge is 0.417 e. The number of ether oxygens (including phenoxy) is 3. The van der Waals surface area contributed by atoms with Gasteiger partial charge in [-0.25, -0.2) is 0 Å². The Kier molecular flexibility index (Phi) is 5.45. The van der Waals surface area contributed by atoms with Crippen LogP contribution in [0.2, 0.25) is 5.02 Å². The fourth-order valence-corrected chi connectivity index (χ4v) is 3.03. The lowest BCUT2D eigenvalue weighted by Gasteiger charge is -2.12. The first kappa shape index (κ1) is 17.6. The van der Waals surface area contributed by atoms with E-state index in [4.69, 9.17) is 30.3 Å². The highest BCUT2D eigenvalue weighted by Gasteiger charge is 2.16. The number of benzene rings is 2. The molecule has 0 amide bonds. The van der Waals surface area contributed by atoms with E-state index in [9.17, 15) is 0 Å². The maximum Gasteiger partial charge on any atom is 0.417 e. The quantitative estimate of drug-likeness (QED) is 0.568. The minimum Gasteiger partial charge on any atom is -0.493 e. The first-order valence-corrected chi connectivity index (χ1v) is 8.42. The highest BCUT2D eigenvalue weighted by atomic mass is 79.9. The molecule has 0 saturated heterocycles. The molecule has 0 aliphatic rings. The Labute approximate surface area is 157 Å². The second-order valence-corrected chi connectivity index (χ2v) is 6.13. The lowest BCUT2D eigenvalue weighted by atomic mass is 10.2. The molecule has 0 bridgehead atoms. The lowest BCUT2D eigenvalue weighted by molar-refractivity contribution is 0.194. The van der Waals surface area contributed by atoms with Gasteiger partial charge >= 0.3 is 6.08 Å². The summed E-state index contributed by atoms with van der Waals surface area (Å²) in [6, 6.07) is 10.9. The Morgan fingerprint density at radius 2 is 1.92 bits per heavy atom. The molecule has 0 spiro atoms. The van der Waals surface area contributed by atoms with E-state index in [1.807, 2.05) is 24.3 Å². The van der Waals surface area contributed by atoms with Crippen molar-refractivity contribution in [2.24, 2.45) is 0 Å². The lowest BCUT2D eigenvalue weighted by Crippen LogP contribution is -2.00. The molecule has 1 heterocycles. The predicted molar refractivity (Wildman–Crippen MR) is 96.3 cm³/mol. The van der Waals surface area contributed by atoms with Crippen LogP contribution in [0.15, 0.2) is 45.4 Å². The molecular weight excluding hydrogens is 412 g/mol. The molecule has 130 valence electrons. The summed E-state index contributed by atoms with van der Waals surface area (Å²) in [4.78, 5) is 4.21. The first-order valence-electron chi connectivity index (χ1n) is 7.24. The van der Waals surface area contributed by atoms with Crippen LogP contribution < -0.4 is 14.2 Å². The van der Waals surface area contributed by atoms with E-state index in [0.717, 1.165) is 10.0 Å². The summed E-state index contributed by atoms with van der Waals surface area (Å²) in [5.41, 5.74) is 1.52. The molecule has 0 radical (unpaired) electrons. The molecule has 3 aromatic rings. The Bertz CT molecular complexity index is 885. The molecule has 8 heteroatoms. The van der Waals surface area contributed by atoms with Crippen LogP contribution in [0, 0.1) is 0 Å². The zero-order valence-corrected chi connectivity index (χ0v) is 15.8. The number of rotatable bonds is 6. The molecule has 2 aromatic carbocycles. The molecule has 0 aliphatic carbocycles. The molecule has 0 unspecified atom stereocenters. The molecule has 25 heavy (non-hydrogen) atoms. The van der Waals surface area contributed by atoms with Crippen LogP contribution in [0.1, 0.15) is 5.56 Å². The maximum atomic E-state index is 6.13. The topological polar surface area (TPSA) is 66.6 Å². The van der Waals surface area contributed by atoms with Crippen molar-refractivity contribution in [1.29, 1.82) is 0 Å². The number of hydrogen-bond donors (Lipinski definition) is 0. The fourth-order valence-electron chi connectivity index (χ4n) is 2.20. The summed E-state index contributed by atoms with van der Waals surface area (Å²) in [6.45, 7) is 0.213. The van der Waals surface area contributed by atoms with Gasteiger partial charge in [0.1, 0.15) is 6.61 Å². The van der Waals surface area contributed by atoms with Gasteiger partial charge in [-0.3, -0.25) is 4.52 Å². The van der Waals surface area contributed by atoms with Crippen LogP contribution >= 0.6 is 27.5 Å². The third-order valence-corrected chi connectivity index (χ3v) is 4.64. The first-order chi connectivity index (χ1) is 12.1. The average molecular weight is 426 g/mol. The minimum atomic E-state index is 0.0524. The van der Waals surface area contributed by atoms with Crippen molar-refractivity contribution in [3.63, 3.8) is 0 Å². The summed E-state index contributed by atoms with van der Waals surface area (Å²) in [6.07, 6.45) is 0.0524. The number of halogens is 2. The standard InChI is InChI=1S/C17H14BrClN2O4/c1-22-13-8-7-10(14(18)15(13)23-2)9-24-17-20-16(21-25-17)11-5-3-4-6-12(11)19/h3-8H,9H2,1-2H3. The van der Waals surface area contributed by atoms with Crippen molar-refractivity contribution in [2.45, 2.75) is 6.61 Å². The summed E-state index contributed by atoms with van der Waals surface area (Å²) >= 11 is 9.62. The summed E-state index contributed by atoms with van der Waals surface area (Å²) in [5, 5.41) is 4.43. The molecule has 6 nitrogen and oxygen atoms in total. The Morgan fingerprint density at radius 1 is 1.12 bits per heavy atom. The van der Waals surface area contributed by atoms with Gasteiger partial charge in [0.15, 0.2) is 11.5 Å². The molecule has 0 aliphatic heterocycles. The third-order valence-electron chi connectivity index (χ3n) is 3.44. The highest BCUT2D eigenvalue weighted by Crippen LogP contribution is 2.38. The number of methoxy groups -OCH3 is 2. The summed E-state index contributed by atoms with van der Waals surface area (Å²) in [5.74, 6) is 1.58. The van der Waals surface area contributed by atoms with Crippen molar-refractivity contribution in [3.8, 4) is 29.0 Å². The Hall–Kier alpha value is -2.25. The molecule has 0 fully saturated rings. The zero-order chi connectivity index (χ0) is 17.8. The van der Waals surface area contributed by atoms with E-state index in [1.165, 1.54) is 0 Å². The number of hydrogen-bond acceptors (Lipinski definition) is 6. The molecule has 0 N–H and O–H groups in total. The average Bonchev–Trinajstić information content (AvgIpc) is 3.09. The molecule has 0 saturated carbocycles. The Balaban J connectivity index is 1.76. The van der Waals surface area contributed by atoms with Crippen LogP contribution in [0.25, 0.3) is 11.4 Å². The van der Waals surface area contributed by atoms with Crippen molar-refractivity contribution in [2.75, 3.05) is 14.2 Å². The van der Waals surface area contributed by atoms with Gasteiger partial charge in [-0.15, -0.1) is 0 Å². The van der Waals surface area contributed by atoms with Crippen molar-refractivity contribution < 1.29 is 18.7 Å². The van der Waals surface area contributed by atoms with Crippen molar-refractivity contribution >= 4 is 27.5 Å². The second-order valence-electron chi connectivity index (χ2n) is 4.93. The van der Waals surface area contributed by atoms with Gasteiger partial charge in [0, 0.05) is 11.1 Å². The van der Waals surface area contributed by atoms with Crippen molar-refractivity contribution in [1.82, 2.24) is 10.1 Å². The van der Waals surface area contributed by atoms with E-state index < -0.39 is 0 Å². The van der Waals surface area contributed by atoms with Gasteiger partial charge in [-0.2, -0.15) is 4.98 Å². The van der Waals surface area contributed by atoms with E-state index in [1.54, 1.807) is 26.4 Å². The minimum absolute atomic E-state index is 0.0524. The van der Waals surface area contributed by atoms with Gasteiger partial charge in [-0.05, 0) is 34.1 Å². The molecule has 0 atom stereocenters. The van der Waals surface area contributed by atoms with Crippen LogP contribution in [0.3, 0.4) is 0 Å². The fraction of sp³-hybridized carbons (Fsp3) is 0.176. The van der Waals surface area contributed by atoms with Gasteiger partial charge in [0.25, 0.3) is 0 Å². The van der Waals surface area contributed by atoms with E-state index in [2.05, 4.69) is 26.1 Å². The van der Waals surface area contributed by atoms with E-state index in [0.29, 0.717) is 27.9 Å². The van der Waals surface area contributed by atoms with Gasteiger partial charge in [-0.1, -0.05) is 35.0 Å². The summed E-state index contributed by atoms with van der Waals surface area (Å²) in [7, 11) is 3.15. The Morgan fingerprint density at radius 3 is 2.64 bits per heavy atom. The largest absolute Gasteiger partial charge is 0.493 e. The van der Waals surface area contributed by atoms with Gasteiger partial charge < -0.3 is 14.2 Å². The predicted octanol–water partition coefficient (Wildman–Crippen LogP) is 4.75. The van der Waals surface area contributed by atoms with Crippen molar-refractivity contribution in [3.05, 3.63) is 51.5 Å². The van der Waals surface area contributed by atoms with E-state index >= 15 is 0 Å². The number of nitrogens with zero attached hydrogens (tertiary/aromatic N) is 2. The van der Waals surface area contributed by atoms with Gasteiger partial charge in [0.2, 0.25) is 5.82 Å². The number of aromatic nitrogens is 2. The van der Waals surface area contributed by atoms with Crippen LogP contribution in [-0.2, 0) is 6.61 Å². The molecular formula is C17H14BrClN2O4. The maximum absolute atomic E-state index is 6.13. The SMILES string of the molecule is COc1ccc(COc2nc(-c3ccccc3Cl)no2)c(Br)c1OC. The van der Waals surface area contributed by atoms with Gasteiger partial charge in [0.05, 0.1) is 23.7 Å². The summed E-state index contributed by atoms with van der Waals surface area (Å²) < 4.78 is 22.0. The van der Waals surface area contributed by atoms with E-state index in [-0.39, 0.29) is 12.7 Å². The second kappa shape index (κ2) is 7.76. The third kappa shape index (κ3) is 3.72. The molecule has 1 aromatic heterocycles. The van der Waals surface area contributed by atoms with Crippen LogP contribution in [0.4, 0.5) is 0 Å². The highest BCUT2D eigenvalue weighted by molar-refractivity contribution is 9.10. The normalized spacial score (nSPS) is 10.6. The zero-order valence-electron chi connectivity index (χ0n) is 13.5. The van der Waals surface area contributed by atoms with Crippen LogP contribution in [-0.4, -0.2) is 24.4 Å².